The Kier molecular flexibility index (Phi) is 3.01. The molecule has 70 valence electrons. The number of hydrogen-bond acceptors (Lipinski definition) is 2. The van der Waals surface area contributed by atoms with E-state index in [1.54, 1.807) is 13.0 Å². The summed E-state index contributed by atoms with van der Waals surface area (Å²) in [6, 6.07) is 0. The molecule has 1 N–H and O–H groups in total. The van der Waals surface area contributed by atoms with Gasteiger partial charge in [0.25, 0.3) is 0 Å². The Labute approximate surface area is 77.5 Å². The largest absolute Gasteiger partial charge is 0.327 e. The first kappa shape index (κ1) is 9.71. The molecule has 1 atom stereocenters. The molecule has 0 aromatic heterocycles. The van der Waals surface area contributed by atoms with Gasteiger partial charge in [0.1, 0.15) is 5.78 Å². The molecule has 3 heteroatoms. The number of amides is 1. The van der Waals surface area contributed by atoms with Crippen LogP contribution < -0.4 is 5.32 Å². The summed E-state index contributed by atoms with van der Waals surface area (Å²) in [7, 11) is 0. The zero-order valence-corrected chi connectivity index (χ0v) is 7.83. The number of Topliss-reactive ketones (excluding diaryl/α,β-unsaturated/α-hetero) is 1. The molecule has 1 unspecified atom stereocenters. The van der Waals surface area contributed by atoms with Gasteiger partial charge in [-0.05, 0) is 19.4 Å². The topological polar surface area (TPSA) is 46.2 Å². The van der Waals surface area contributed by atoms with Crippen molar-refractivity contribution in [3.8, 4) is 0 Å². The van der Waals surface area contributed by atoms with Gasteiger partial charge in [0.15, 0.2) is 0 Å². The molecule has 0 bridgehead atoms. The van der Waals surface area contributed by atoms with Crippen molar-refractivity contribution in [1.82, 2.24) is 5.32 Å². The van der Waals surface area contributed by atoms with Crippen LogP contribution in [-0.2, 0) is 9.59 Å². The smallest absolute Gasteiger partial charge is 0.221 e. The van der Waals surface area contributed by atoms with Crippen LogP contribution in [0.5, 0.6) is 0 Å². The van der Waals surface area contributed by atoms with Crippen LogP contribution in [0.4, 0.5) is 0 Å². The van der Waals surface area contributed by atoms with E-state index in [1.807, 2.05) is 12.2 Å². The molecular weight excluding hydrogens is 166 g/mol. The molecule has 0 saturated heterocycles. The third kappa shape index (κ3) is 2.86. The van der Waals surface area contributed by atoms with E-state index in [1.165, 1.54) is 6.92 Å². The third-order valence-electron chi connectivity index (χ3n) is 1.91. The molecule has 1 amide bonds. The second-order valence-corrected chi connectivity index (χ2v) is 3.16. The van der Waals surface area contributed by atoms with E-state index in [2.05, 4.69) is 5.32 Å². The fraction of sp³-hybridized carbons (Fsp3) is 0.400. The molecule has 0 aromatic rings. The summed E-state index contributed by atoms with van der Waals surface area (Å²) in [5.74, 6) is -0.0563. The van der Waals surface area contributed by atoms with E-state index in [-0.39, 0.29) is 17.6 Å². The average Bonchev–Trinajstić information content (AvgIpc) is 2.03. The molecule has 0 radical (unpaired) electrons. The minimum Gasteiger partial charge on any atom is -0.327 e. The van der Waals surface area contributed by atoms with E-state index in [4.69, 9.17) is 0 Å². The van der Waals surface area contributed by atoms with Crippen LogP contribution in [0, 0.1) is 5.92 Å². The highest BCUT2D eigenvalue weighted by atomic mass is 16.1. The maximum Gasteiger partial charge on any atom is 0.221 e. The highest BCUT2D eigenvalue weighted by Crippen LogP contribution is 2.15. The van der Waals surface area contributed by atoms with Gasteiger partial charge in [0.2, 0.25) is 5.91 Å². The summed E-state index contributed by atoms with van der Waals surface area (Å²) < 4.78 is 0. The number of hydrogen-bond donors (Lipinski definition) is 1. The monoisotopic (exact) mass is 179 g/mol. The zero-order valence-electron chi connectivity index (χ0n) is 7.83. The fourth-order valence-electron chi connectivity index (χ4n) is 1.25. The molecular formula is C10H13NO2. The molecule has 1 rings (SSSR count). The van der Waals surface area contributed by atoms with Crippen molar-refractivity contribution in [3.05, 3.63) is 23.9 Å². The van der Waals surface area contributed by atoms with Gasteiger partial charge >= 0.3 is 0 Å². The van der Waals surface area contributed by atoms with Crippen LogP contribution in [0.1, 0.15) is 20.3 Å². The highest BCUT2D eigenvalue weighted by Gasteiger charge is 2.13. The summed E-state index contributed by atoms with van der Waals surface area (Å²) in [5, 5.41) is 2.65. The number of ketones is 1. The number of carbonyl (C=O) groups excluding carboxylic acids is 2. The van der Waals surface area contributed by atoms with Crippen LogP contribution >= 0.6 is 0 Å². The second kappa shape index (κ2) is 4.03. The van der Waals surface area contributed by atoms with Gasteiger partial charge < -0.3 is 5.32 Å². The van der Waals surface area contributed by atoms with Crippen LogP contribution in [-0.4, -0.2) is 11.7 Å². The Morgan fingerprint density at radius 2 is 2.15 bits per heavy atom. The molecule has 0 aromatic carbocycles. The van der Waals surface area contributed by atoms with E-state index in [0.717, 1.165) is 12.1 Å². The second-order valence-electron chi connectivity index (χ2n) is 3.16. The van der Waals surface area contributed by atoms with Crippen LogP contribution in [0.15, 0.2) is 23.9 Å². The Balaban J connectivity index is 2.68. The standard InChI is InChI=1S/C10H13NO2/c1-7(12)9-4-3-5-10(6-9)11-8(2)13/h3,5-6,9H,4H2,1-2H3,(H,11,13). The van der Waals surface area contributed by atoms with Crippen molar-refractivity contribution in [3.63, 3.8) is 0 Å². The molecule has 0 heterocycles. The minimum atomic E-state index is -0.111. The van der Waals surface area contributed by atoms with Crippen molar-refractivity contribution < 1.29 is 9.59 Å². The van der Waals surface area contributed by atoms with Crippen molar-refractivity contribution in [1.29, 1.82) is 0 Å². The van der Waals surface area contributed by atoms with E-state index in [9.17, 15) is 9.59 Å². The predicted molar refractivity (Wildman–Crippen MR) is 49.8 cm³/mol. The van der Waals surface area contributed by atoms with Gasteiger partial charge in [-0.25, -0.2) is 0 Å². The van der Waals surface area contributed by atoms with Crippen LogP contribution in [0.3, 0.4) is 0 Å². The SMILES string of the molecule is CC(=O)NC1=CC(C(C)=O)CC=C1. The summed E-state index contributed by atoms with van der Waals surface area (Å²) in [6.07, 6.45) is 6.25. The quantitative estimate of drug-likeness (QED) is 0.691. The first-order chi connectivity index (χ1) is 6.09. The number of nitrogens with one attached hydrogen (secondary N) is 1. The molecule has 0 fully saturated rings. The minimum absolute atomic E-state index is 0.0770. The van der Waals surface area contributed by atoms with Crippen molar-refractivity contribution in [2.45, 2.75) is 20.3 Å². The van der Waals surface area contributed by atoms with Gasteiger partial charge in [-0.3, -0.25) is 9.59 Å². The first-order valence-electron chi connectivity index (χ1n) is 4.26. The maximum absolute atomic E-state index is 11.0. The number of allylic oxidation sites excluding steroid dienone is 3. The Hall–Kier alpha value is -1.38. The molecule has 0 aliphatic heterocycles. The Morgan fingerprint density at radius 1 is 1.46 bits per heavy atom. The first-order valence-corrected chi connectivity index (χ1v) is 4.26. The number of rotatable bonds is 2. The Morgan fingerprint density at radius 3 is 2.69 bits per heavy atom. The molecule has 13 heavy (non-hydrogen) atoms. The molecule has 3 nitrogen and oxygen atoms in total. The van der Waals surface area contributed by atoms with Crippen molar-refractivity contribution in [2.24, 2.45) is 5.92 Å². The van der Waals surface area contributed by atoms with Gasteiger partial charge in [-0.2, -0.15) is 0 Å². The van der Waals surface area contributed by atoms with E-state index >= 15 is 0 Å². The molecule has 1 aliphatic rings. The van der Waals surface area contributed by atoms with Crippen LogP contribution in [0.2, 0.25) is 0 Å². The predicted octanol–water partition coefficient (Wildman–Crippen LogP) is 1.17. The fourth-order valence-corrected chi connectivity index (χ4v) is 1.25. The molecule has 0 spiro atoms. The highest BCUT2D eigenvalue weighted by molar-refractivity contribution is 5.81. The van der Waals surface area contributed by atoms with Gasteiger partial charge in [-0.15, -0.1) is 0 Å². The normalized spacial score (nSPS) is 20.8. The number of carbonyl (C=O) groups is 2. The lowest BCUT2D eigenvalue weighted by atomic mass is 9.96. The average molecular weight is 179 g/mol. The lowest BCUT2D eigenvalue weighted by Crippen LogP contribution is -2.21. The maximum atomic E-state index is 11.0. The molecule has 1 aliphatic carbocycles. The lowest BCUT2D eigenvalue weighted by molar-refractivity contribution is -0.120. The summed E-state index contributed by atoms with van der Waals surface area (Å²) in [6.45, 7) is 3.01. The molecule has 0 saturated carbocycles. The van der Waals surface area contributed by atoms with E-state index in [0.29, 0.717) is 0 Å². The Bertz CT molecular complexity index is 289. The van der Waals surface area contributed by atoms with Gasteiger partial charge in [-0.1, -0.05) is 12.2 Å². The summed E-state index contributed by atoms with van der Waals surface area (Å²) in [5.41, 5.74) is 0.721. The summed E-state index contributed by atoms with van der Waals surface area (Å²) >= 11 is 0. The zero-order chi connectivity index (χ0) is 9.84. The lowest BCUT2D eigenvalue weighted by Gasteiger charge is -2.13. The van der Waals surface area contributed by atoms with Gasteiger partial charge in [0.05, 0.1) is 0 Å². The third-order valence-corrected chi connectivity index (χ3v) is 1.91. The summed E-state index contributed by atoms with van der Waals surface area (Å²) in [4.78, 5) is 21.8. The van der Waals surface area contributed by atoms with Crippen molar-refractivity contribution >= 4 is 11.7 Å². The van der Waals surface area contributed by atoms with E-state index < -0.39 is 0 Å². The van der Waals surface area contributed by atoms with Crippen molar-refractivity contribution in [2.75, 3.05) is 0 Å². The van der Waals surface area contributed by atoms with Gasteiger partial charge in [0, 0.05) is 18.5 Å². The van der Waals surface area contributed by atoms with Crippen LogP contribution in [0.25, 0.3) is 0 Å².